The van der Waals surface area contributed by atoms with E-state index in [-0.39, 0.29) is 0 Å². The van der Waals surface area contributed by atoms with Gasteiger partial charge >= 0.3 is 0 Å². The van der Waals surface area contributed by atoms with Crippen LogP contribution in [0, 0.1) is 11.3 Å². The molecule has 0 spiro atoms. The lowest BCUT2D eigenvalue weighted by atomic mass is 10.1. The summed E-state index contributed by atoms with van der Waals surface area (Å²) >= 11 is 3.38. The smallest absolute Gasteiger partial charge is 0.103 e. The van der Waals surface area contributed by atoms with E-state index in [4.69, 9.17) is 5.26 Å². The van der Waals surface area contributed by atoms with E-state index in [2.05, 4.69) is 32.6 Å². The van der Waals surface area contributed by atoms with Crippen molar-refractivity contribution in [3.8, 4) is 6.07 Å². The molecule has 1 aliphatic heterocycles. The first-order valence-electron chi connectivity index (χ1n) is 4.97. The Morgan fingerprint density at radius 3 is 3.07 bits per heavy atom. The molecule has 0 amide bonds. The van der Waals surface area contributed by atoms with Crippen molar-refractivity contribution in [2.45, 2.75) is 12.5 Å². The van der Waals surface area contributed by atoms with Crippen molar-refractivity contribution in [2.24, 2.45) is 0 Å². The quantitative estimate of drug-likeness (QED) is 0.861. The second-order valence-corrected chi connectivity index (χ2v) is 4.46. The largest absolute Gasteiger partial charge is 0.380 e. The summed E-state index contributed by atoms with van der Waals surface area (Å²) in [7, 11) is 0. The Morgan fingerprint density at radius 1 is 1.53 bits per heavy atom. The van der Waals surface area contributed by atoms with Crippen LogP contribution in [-0.2, 0) is 0 Å². The lowest BCUT2D eigenvalue weighted by Gasteiger charge is -2.14. The van der Waals surface area contributed by atoms with Crippen LogP contribution in [-0.4, -0.2) is 19.1 Å². The minimum Gasteiger partial charge on any atom is -0.380 e. The van der Waals surface area contributed by atoms with Gasteiger partial charge < -0.3 is 10.6 Å². The van der Waals surface area contributed by atoms with E-state index in [9.17, 15) is 0 Å². The number of nitriles is 1. The highest BCUT2D eigenvalue weighted by Gasteiger charge is 2.15. The maximum atomic E-state index is 9.04. The van der Waals surface area contributed by atoms with Crippen molar-refractivity contribution in [3.05, 3.63) is 28.2 Å². The summed E-state index contributed by atoms with van der Waals surface area (Å²) in [5.41, 5.74) is 1.60. The molecule has 1 fully saturated rings. The molecule has 1 saturated heterocycles. The second-order valence-electron chi connectivity index (χ2n) is 3.61. The van der Waals surface area contributed by atoms with Crippen LogP contribution in [0.15, 0.2) is 22.7 Å². The number of anilines is 1. The van der Waals surface area contributed by atoms with Gasteiger partial charge in [-0.15, -0.1) is 0 Å². The normalized spacial score (nSPS) is 19.9. The van der Waals surface area contributed by atoms with Gasteiger partial charge in [-0.2, -0.15) is 5.26 Å². The lowest BCUT2D eigenvalue weighted by molar-refractivity contribution is 0.793. The number of nitrogens with one attached hydrogen (secondary N) is 2. The van der Waals surface area contributed by atoms with Crippen LogP contribution in [0.25, 0.3) is 0 Å². The number of benzene rings is 1. The molecule has 1 aromatic rings. The predicted octanol–water partition coefficient (Wildman–Crippen LogP) is 2.09. The molecule has 0 bridgehead atoms. The van der Waals surface area contributed by atoms with Gasteiger partial charge in [-0.25, -0.2) is 0 Å². The first kappa shape index (κ1) is 10.5. The molecule has 0 saturated carbocycles. The Morgan fingerprint density at radius 2 is 2.40 bits per heavy atom. The maximum Gasteiger partial charge on any atom is 0.103 e. The van der Waals surface area contributed by atoms with Gasteiger partial charge in [-0.3, -0.25) is 0 Å². The fourth-order valence-corrected chi connectivity index (χ4v) is 2.21. The topological polar surface area (TPSA) is 47.9 Å². The van der Waals surface area contributed by atoms with Crippen molar-refractivity contribution in [1.82, 2.24) is 5.32 Å². The van der Waals surface area contributed by atoms with E-state index in [0.717, 1.165) is 29.7 Å². The third-order valence-electron chi connectivity index (χ3n) is 2.55. The summed E-state index contributed by atoms with van der Waals surface area (Å²) in [6, 6.07) is 8.42. The average Bonchev–Trinajstić information content (AvgIpc) is 2.71. The van der Waals surface area contributed by atoms with Crippen LogP contribution in [0.1, 0.15) is 12.0 Å². The molecule has 15 heavy (non-hydrogen) atoms. The molecule has 0 radical (unpaired) electrons. The van der Waals surface area contributed by atoms with Gasteiger partial charge in [0.25, 0.3) is 0 Å². The molecule has 2 N–H and O–H groups in total. The predicted molar refractivity (Wildman–Crippen MR) is 63.8 cm³/mol. The zero-order valence-corrected chi connectivity index (χ0v) is 9.84. The minimum atomic E-state index is 0.436. The summed E-state index contributed by atoms with van der Waals surface area (Å²) in [5.74, 6) is 0. The van der Waals surface area contributed by atoms with Crippen LogP contribution in [0.2, 0.25) is 0 Å². The van der Waals surface area contributed by atoms with Crippen LogP contribution in [0.4, 0.5) is 5.69 Å². The third kappa shape index (κ3) is 2.31. The van der Waals surface area contributed by atoms with Gasteiger partial charge in [0, 0.05) is 17.1 Å². The second kappa shape index (κ2) is 4.65. The summed E-state index contributed by atoms with van der Waals surface area (Å²) in [5, 5.41) is 15.7. The molecule has 0 aliphatic carbocycles. The van der Waals surface area contributed by atoms with Gasteiger partial charge in [-0.05, 0) is 41.0 Å². The Bertz CT molecular complexity index is 391. The van der Waals surface area contributed by atoms with E-state index in [0.29, 0.717) is 11.6 Å². The van der Waals surface area contributed by atoms with Gasteiger partial charge in [-0.1, -0.05) is 6.07 Å². The Hall–Kier alpha value is -1.05. The molecule has 1 aliphatic rings. The van der Waals surface area contributed by atoms with Crippen molar-refractivity contribution < 1.29 is 0 Å². The monoisotopic (exact) mass is 265 g/mol. The molecule has 3 nitrogen and oxygen atoms in total. The fourth-order valence-electron chi connectivity index (χ4n) is 1.76. The lowest BCUT2D eigenvalue weighted by Crippen LogP contribution is -2.22. The highest BCUT2D eigenvalue weighted by Crippen LogP contribution is 2.24. The zero-order chi connectivity index (χ0) is 10.7. The van der Waals surface area contributed by atoms with Crippen molar-refractivity contribution in [3.63, 3.8) is 0 Å². The zero-order valence-electron chi connectivity index (χ0n) is 8.26. The molecule has 4 heteroatoms. The van der Waals surface area contributed by atoms with Gasteiger partial charge in [0.05, 0.1) is 11.3 Å². The first-order valence-corrected chi connectivity index (χ1v) is 5.76. The number of hydrogen-bond donors (Lipinski definition) is 2. The number of hydrogen-bond acceptors (Lipinski definition) is 3. The highest BCUT2D eigenvalue weighted by atomic mass is 79.9. The Kier molecular flexibility index (Phi) is 3.24. The van der Waals surface area contributed by atoms with Crippen LogP contribution < -0.4 is 10.6 Å². The van der Waals surface area contributed by atoms with E-state index in [1.807, 2.05) is 18.2 Å². The van der Waals surface area contributed by atoms with Crippen LogP contribution >= 0.6 is 15.9 Å². The average molecular weight is 266 g/mol. The summed E-state index contributed by atoms with van der Waals surface area (Å²) in [6.07, 6.45) is 1.11. The van der Waals surface area contributed by atoms with Crippen molar-refractivity contribution in [1.29, 1.82) is 5.26 Å². The van der Waals surface area contributed by atoms with Crippen LogP contribution in [0.3, 0.4) is 0 Å². The molecular weight excluding hydrogens is 254 g/mol. The van der Waals surface area contributed by atoms with Gasteiger partial charge in [0.15, 0.2) is 0 Å². The molecular formula is C11H12BrN3. The van der Waals surface area contributed by atoms with E-state index in [1.54, 1.807) is 0 Å². The summed E-state index contributed by atoms with van der Waals surface area (Å²) < 4.78 is 0.848. The Labute approximate surface area is 97.6 Å². The standard InChI is InChI=1S/C11H12BrN3/c12-10-2-1-3-11(9(10)6-13)15-8-4-5-14-7-8/h1-3,8,14-15H,4-5,7H2. The molecule has 2 rings (SSSR count). The van der Waals surface area contributed by atoms with Crippen molar-refractivity contribution >= 4 is 21.6 Å². The summed E-state index contributed by atoms with van der Waals surface area (Å²) in [6.45, 7) is 2.02. The minimum absolute atomic E-state index is 0.436. The van der Waals surface area contributed by atoms with E-state index >= 15 is 0 Å². The summed E-state index contributed by atoms with van der Waals surface area (Å²) in [4.78, 5) is 0. The Balaban J connectivity index is 2.20. The molecule has 1 heterocycles. The third-order valence-corrected chi connectivity index (χ3v) is 3.21. The van der Waals surface area contributed by atoms with E-state index < -0.39 is 0 Å². The van der Waals surface area contributed by atoms with Crippen LogP contribution in [0.5, 0.6) is 0 Å². The number of rotatable bonds is 2. The maximum absolute atomic E-state index is 9.04. The van der Waals surface area contributed by atoms with E-state index in [1.165, 1.54) is 0 Å². The number of halogens is 1. The highest BCUT2D eigenvalue weighted by molar-refractivity contribution is 9.10. The molecule has 1 atom stereocenters. The van der Waals surface area contributed by atoms with Crippen molar-refractivity contribution in [2.75, 3.05) is 18.4 Å². The molecule has 0 aromatic heterocycles. The first-order chi connectivity index (χ1) is 7.31. The number of nitrogens with zero attached hydrogens (tertiary/aromatic N) is 1. The molecule has 78 valence electrons. The van der Waals surface area contributed by atoms with Gasteiger partial charge in [0.1, 0.15) is 6.07 Å². The molecule has 1 unspecified atom stereocenters. The SMILES string of the molecule is N#Cc1c(Br)cccc1NC1CCNC1. The van der Waals surface area contributed by atoms with Gasteiger partial charge in [0.2, 0.25) is 0 Å². The fraction of sp³-hybridized carbons (Fsp3) is 0.364. The molecule has 1 aromatic carbocycles.